The highest BCUT2D eigenvalue weighted by atomic mass is 32.2. The number of nitrogens with zero attached hydrogens (tertiary/aromatic N) is 2. The average molecular weight is 208 g/mol. The number of halogens is 1. The topological polar surface area (TPSA) is 24.7 Å². The van der Waals surface area contributed by atoms with Gasteiger partial charge in [-0.05, 0) is 24.0 Å². The Labute approximate surface area is 85.9 Å². The Morgan fingerprint density at radius 2 is 1.93 bits per heavy atom. The number of benzene rings is 1. The molecule has 0 N–H and O–H groups in total. The van der Waals surface area contributed by atoms with Crippen molar-refractivity contribution in [1.29, 1.82) is 0 Å². The molecule has 0 atom stereocenters. The molecule has 2 nitrogen and oxygen atoms in total. The Bertz CT molecular complexity index is 395. The summed E-state index contributed by atoms with van der Waals surface area (Å²) in [7, 11) is 0. The first-order valence-electron chi connectivity index (χ1n) is 4.23. The summed E-state index contributed by atoms with van der Waals surface area (Å²) in [5.74, 6) is -0.224. The van der Waals surface area contributed by atoms with Crippen LogP contribution < -0.4 is 0 Å². The van der Waals surface area contributed by atoms with Crippen molar-refractivity contribution in [2.24, 2.45) is 10.2 Å². The SMILES string of the molecule is CSC1=NN=C(c2ccc(F)cc2)C1. The smallest absolute Gasteiger partial charge is 0.123 e. The van der Waals surface area contributed by atoms with E-state index in [4.69, 9.17) is 0 Å². The fraction of sp³-hybridized carbons (Fsp3) is 0.200. The Hall–Kier alpha value is -1.16. The van der Waals surface area contributed by atoms with E-state index in [1.807, 2.05) is 6.26 Å². The second-order valence-corrected chi connectivity index (χ2v) is 3.81. The van der Waals surface area contributed by atoms with Crippen LogP contribution in [0.4, 0.5) is 4.39 Å². The van der Waals surface area contributed by atoms with E-state index in [2.05, 4.69) is 10.2 Å². The Morgan fingerprint density at radius 1 is 1.21 bits per heavy atom. The fourth-order valence-electron chi connectivity index (χ4n) is 1.25. The summed E-state index contributed by atoms with van der Waals surface area (Å²) in [5.41, 5.74) is 1.86. The Balaban J connectivity index is 2.16. The summed E-state index contributed by atoms with van der Waals surface area (Å²) in [6, 6.07) is 6.34. The van der Waals surface area contributed by atoms with Crippen LogP contribution in [0.15, 0.2) is 34.5 Å². The van der Waals surface area contributed by atoms with Crippen molar-refractivity contribution in [1.82, 2.24) is 0 Å². The first-order chi connectivity index (χ1) is 6.79. The van der Waals surface area contributed by atoms with Gasteiger partial charge >= 0.3 is 0 Å². The molecule has 72 valence electrons. The highest BCUT2D eigenvalue weighted by Gasteiger charge is 2.13. The van der Waals surface area contributed by atoms with Crippen molar-refractivity contribution in [2.45, 2.75) is 6.42 Å². The van der Waals surface area contributed by atoms with Crippen LogP contribution in [0.25, 0.3) is 0 Å². The quantitative estimate of drug-likeness (QED) is 0.696. The number of hydrogen-bond donors (Lipinski definition) is 0. The molecule has 1 aliphatic rings. The molecule has 14 heavy (non-hydrogen) atoms. The summed E-state index contributed by atoms with van der Waals surface area (Å²) in [6.07, 6.45) is 2.73. The van der Waals surface area contributed by atoms with Crippen molar-refractivity contribution in [3.05, 3.63) is 35.6 Å². The van der Waals surface area contributed by atoms with Crippen molar-refractivity contribution in [3.63, 3.8) is 0 Å². The molecule has 0 saturated carbocycles. The van der Waals surface area contributed by atoms with Crippen molar-refractivity contribution < 1.29 is 4.39 Å². The summed E-state index contributed by atoms with van der Waals surface area (Å²) >= 11 is 1.60. The maximum Gasteiger partial charge on any atom is 0.123 e. The molecule has 1 heterocycles. The molecular weight excluding hydrogens is 199 g/mol. The van der Waals surface area contributed by atoms with Crippen LogP contribution in [-0.4, -0.2) is 17.0 Å². The van der Waals surface area contributed by atoms with Gasteiger partial charge in [0.2, 0.25) is 0 Å². The second-order valence-electron chi connectivity index (χ2n) is 2.93. The van der Waals surface area contributed by atoms with Gasteiger partial charge in [-0.15, -0.1) is 16.9 Å². The summed E-state index contributed by atoms with van der Waals surface area (Å²) in [6.45, 7) is 0. The third kappa shape index (κ3) is 1.85. The first kappa shape index (κ1) is 9.40. The monoisotopic (exact) mass is 208 g/mol. The molecule has 1 aromatic rings. The molecule has 0 bridgehead atoms. The second kappa shape index (κ2) is 3.92. The maximum absolute atomic E-state index is 12.6. The molecular formula is C10H9FN2S. The van der Waals surface area contributed by atoms with Gasteiger partial charge in [0.15, 0.2) is 0 Å². The van der Waals surface area contributed by atoms with Crippen LogP contribution in [0.2, 0.25) is 0 Å². The zero-order valence-electron chi connectivity index (χ0n) is 7.70. The van der Waals surface area contributed by atoms with Gasteiger partial charge in [0.1, 0.15) is 10.9 Å². The maximum atomic E-state index is 12.6. The molecule has 1 aliphatic heterocycles. The van der Waals surface area contributed by atoms with E-state index in [0.717, 1.165) is 22.7 Å². The molecule has 0 amide bonds. The van der Waals surface area contributed by atoms with E-state index in [1.165, 1.54) is 12.1 Å². The molecule has 0 saturated heterocycles. The summed E-state index contributed by atoms with van der Waals surface area (Å²) in [5, 5.41) is 9.06. The lowest BCUT2D eigenvalue weighted by atomic mass is 10.1. The third-order valence-electron chi connectivity index (χ3n) is 2.01. The molecule has 0 radical (unpaired) electrons. The van der Waals surface area contributed by atoms with Crippen molar-refractivity contribution in [2.75, 3.05) is 6.26 Å². The molecule has 2 rings (SSSR count). The predicted octanol–water partition coefficient (Wildman–Crippen LogP) is 2.70. The molecule has 0 aliphatic carbocycles. The van der Waals surface area contributed by atoms with Crippen molar-refractivity contribution >= 4 is 22.5 Å². The van der Waals surface area contributed by atoms with Gasteiger partial charge in [0.25, 0.3) is 0 Å². The van der Waals surface area contributed by atoms with Gasteiger partial charge in [-0.2, -0.15) is 5.10 Å². The van der Waals surface area contributed by atoms with Crippen LogP contribution in [0.3, 0.4) is 0 Å². The summed E-state index contributed by atoms with van der Waals surface area (Å²) < 4.78 is 12.6. The van der Waals surface area contributed by atoms with Gasteiger partial charge in [0, 0.05) is 6.42 Å². The van der Waals surface area contributed by atoms with Gasteiger partial charge in [-0.3, -0.25) is 0 Å². The number of hydrogen-bond acceptors (Lipinski definition) is 3. The highest BCUT2D eigenvalue weighted by molar-refractivity contribution is 8.13. The predicted molar refractivity (Wildman–Crippen MR) is 58.5 cm³/mol. The fourth-order valence-corrected chi connectivity index (χ4v) is 1.65. The number of thioether (sulfide) groups is 1. The lowest BCUT2D eigenvalue weighted by molar-refractivity contribution is 0.628. The van der Waals surface area contributed by atoms with Gasteiger partial charge < -0.3 is 0 Å². The molecule has 0 aromatic heterocycles. The molecule has 4 heteroatoms. The first-order valence-corrected chi connectivity index (χ1v) is 5.45. The van der Waals surface area contributed by atoms with E-state index in [1.54, 1.807) is 23.9 Å². The lowest BCUT2D eigenvalue weighted by Crippen LogP contribution is -2.00. The van der Waals surface area contributed by atoms with Crippen LogP contribution in [0.1, 0.15) is 12.0 Å². The standard InChI is InChI=1S/C10H9FN2S/c1-14-10-6-9(12-13-10)7-2-4-8(11)5-3-7/h2-5H,6H2,1H3. The lowest BCUT2D eigenvalue weighted by Gasteiger charge is -1.99. The summed E-state index contributed by atoms with van der Waals surface area (Å²) in [4.78, 5) is 0. The van der Waals surface area contributed by atoms with E-state index in [9.17, 15) is 4.39 Å². The minimum atomic E-state index is -0.224. The van der Waals surface area contributed by atoms with E-state index >= 15 is 0 Å². The van der Waals surface area contributed by atoms with Crippen LogP contribution >= 0.6 is 11.8 Å². The van der Waals surface area contributed by atoms with Gasteiger partial charge in [-0.25, -0.2) is 4.39 Å². The molecule has 0 fully saturated rings. The third-order valence-corrected chi connectivity index (χ3v) is 2.71. The van der Waals surface area contributed by atoms with E-state index in [0.29, 0.717) is 0 Å². The largest absolute Gasteiger partial charge is 0.207 e. The van der Waals surface area contributed by atoms with E-state index in [-0.39, 0.29) is 5.82 Å². The van der Waals surface area contributed by atoms with Crippen molar-refractivity contribution in [3.8, 4) is 0 Å². The minimum Gasteiger partial charge on any atom is -0.207 e. The average Bonchev–Trinajstić information content (AvgIpc) is 2.67. The Kier molecular flexibility index (Phi) is 2.63. The molecule has 0 unspecified atom stereocenters. The molecule has 0 spiro atoms. The normalized spacial score (nSPS) is 15.3. The van der Waals surface area contributed by atoms with Crippen LogP contribution in [0.5, 0.6) is 0 Å². The zero-order valence-corrected chi connectivity index (χ0v) is 8.51. The van der Waals surface area contributed by atoms with Gasteiger partial charge in [-0.1, -0.05) is 12.1 Å². The number of rotatable bonds is 1. The van der Waals surface area contributed by atoms with E-state index < -0.39 is 0 Å². The van der Waals surface area contributed by atoms with Crippen LogP contribution in [0, 0.1) is 5.82 Å². The molecule has 1 aromatic carbocycles. The minimum absolute atomic E-state index is 0.224. The van der Waals surface area contributed by atoms with Crippen LogP contribution in [-0.2, 0) is 0 Å². The van der Waals surface area contributed by atoms with Gasteiger partial charge in [0.05, 0.1) is 5.71 Å². The Morgan fingerprint density at radius 3 is 2.50 bits per heavy atom. The zero-order chi connectivity index (χ0) is 9.97. The highest BCUT2D eigenvalue weighted by Crippen LogP contribution is 2.16.